The lowest BCUT2D eigenvalue weighted by molar-refractivity contribution is -0.120. The Morgan fingerprint density at radius 2 is 1.62 bits per heavy atom. The second-order valence-electron chi connectivity index (χ2n) is 12.2. The number of benzene rings is 3. The molecule has 0 aliphatic heterocycles. The Balaban J connectivity index is 1.59. The van der Waals surface area contributed by atoms with E-state index in [9.17, 15) is 24.0 Å². The van der Waals surface area contributed by atoms with Crippen LogP contribution in [0.4, 0.5) is 4.39 Å². The monoisotopic (exact) mass is 635 g/mol. The largest absolute Gasteiger partial charge is 0.355 e. The second kappa shape index (κ2) is 17.0. The number of hydrogen-bond acceptors (Lipinski definition) is 5. The van der Waals surface area contributed by atoms with E-state index in [0.717, 1.165) is 12.0 Å². The molecule has 244 valence electrons. The molecule has 0 bridgehead atoms. The Morgan fingerprint density at radius 1 is 0.915 bits per heavy atom. The van der Waals surface area contributed by atoms with Gasteiger partial charge in [-0.05, 0) is 84.7 Å². The van der Waals surface area contributed by atoms with Crippen molar-refractivity contribution < 1.29 is 18.8 Å². The van der Waals surface area contributed by atoms with Gasteiger partial charge in [-0.2, -0.15) is 5.26 Å². The maximum Gasteiger partial charge on any atom is 0.251 e. The van der Waals surface area contributed by atoms with Gasteiger partial charge in [-0.3, -0.25) is 14.4 Å². The average Bonchev–Trinajstić information content (AvgIpc) is 3.07. The van der Waals surface area contributed by atoms with E-state index in [0.29, 0.717) is 42.1 Å². The predicted molar refractivity (Wildman–Crippen MR) is 182 cm³/mol. The number of carbonyl (C=O) groups excluding carboxylic acids is 3. The van der Waals surface area contributed by atoms with Gasteiger partial charge in [-0.25, -0.2) is 4.39 Å². The van der Waals surface area contributed by atoms with Crippen LogP contribution in [0.2, 0.25) is 0 Å². The molecule has 0 fully saturated rings. The number of nitriles is 1. The summed E-state index contributed by atoms with van der Waals surface area (Å²) in [5.41, 5.74) is 2.77. The number of amides is 3. The maximum absolute atomic E-state index is 13.9. The molecule has 3 atom stereocenters. The van der Waals surface area contributed by atoms with Crippen molar-refractivity contribution in [1.29, 1.82) is 5.26 Å². The number of carbonyl (C=O) groups is 3. The molecule has 1 aliphatic rings. The Labute approximate surface area is 276 Å². The van der Waals surface area contributed by atoms with Gasteiger partial charge in [0.2, 0.25) is 5.91 Å². The van der Waals surface area contributed by atoms with Crippen molar-refractivity contribution in [3.05, 3.63) is 119 Å². The van der Waals surface area contributed by atoms with Gasteiger partial charge in [0.05, 0.1) is 24.2 Å². The fourth-order valence-corrected chi connectivity index (χ4v) is 5.37. The minimum Gasteiger partial charge on any atom is -0.355 e. The molecular formula is C38H42FN5O3. The van der Waals surface area contributed by atoms with E-state index in [4.69, 9.17) is 0 Å². The minimum atomic E-state index is -0.429. The van der Waals surface area contributed by atoms with Crippen molar-refractivity contribution in [1.82, 2.24) is 21.3 Å². The van der Waals surface area contributed by atoms with Gasteiger partial charge in [0, 0.05) is 30.3 Å². The molecule has 0 heterocycles. The van der Waals surface area contributed by atoms with E-state index in [-0.39, 0.29) is 47.3 Å². The van der Waals surface area contributed by atoms with Crippen LogP contribution in [-0.2, 0) is 4.79 Å². The van der Waals surface area contributed by atoms with Crippen LogP contribution in [0.1, 0.15) is 71.5 Å². The molecule has 1 aliphatic carbocycles. The number of nitrogens with one attached hydrogen (secondary N) is 4. The molecule has 9 heteroatoms. The third-order valence-corrected chi connectivity index (χ3v) is 7.91. The van der Waals surface area contributed by atoms with Crippen molar-refractivity contribution in [3.8, 4) is 17.2 Å². The van der Waals surface area contributed by atoms with Crippen LogP contribution < -0.4 is 21.3 Å². The zero-order chi connectivity index (χ0) is 33.8. The van der Waals surface area contributed by atoms with Crippen LogP contribution in [-0.4, -0.2) is 43.4 Å². The van der Waals surface area contributed by atoms with Gasteiger partial charge < -0.3 is 21.3 Å². The molecule has 0 saturated heterocycles. The summed E-state index contributed by atoms with van der Waals surface area (Å²) in [6.45, 7) is 6.93. The third-order valence-electron chi connectivity index (χ3n) is 7.91. The average molecular weight is 636 g/mol. The van der Waals surface area contributed by atoms with Crippen LogP contribution >= 0.6 is 0 Å². The van der Waals surface area contributed by atoms with Crippen molar-refractivity contribution in [2.24, 2.45) is 11.8 Å². The highest BCUT2D eigenvalue weighted by Crippen LogP contribution is 2.27. The molecule has 4 rings (SSSR count). The Morgan fingerprint density at radius 3 is 2.28 bits per heavy atom. The van der Waals surface area contributed by atoms with E-state index in [2.05, 4.69) is 39.5 Å². The molecule has 0 radical (unpaired) electrons. The number of halogens is 1. The van der Waals surface area contributed by atoms with E-state index >= 15 is 0 Å². The van der Waals surface area contributed by atoms with Crippen molar-refractivity contribution in [3.63, 3.8) is 0 Å². The number of allylic oxidation sites excluding steroid dienone is 4. The van der Waals surface area contributed by atoms with Crippen LogP contribution in [0.3, 0.4) is 0 Å². The number of hydrogen-bond donors (Lipinski definition) is 4. The Kier molecular flexibility index (Phi) is 12.6. The first-order valence-electron chi connectivity index (χ1n) is 16.0. The molecular weight excluding hydrogens is 593 g/mol. The van der Waals surface area contributed by atoms with E-state index in [1.165, 1.54) is 18.2 Å². The van der Waals surface area contributed by atoms with E-state index < -0.39 is 11.9 Å². The normalized spacial score (nSPS) is 15.0. The Hall–Kier alpha value is -5.07. The van der Waals surface area contributed by atoms with Crippen LogP contribution in [0.5, 0.6) is 0 Å². The number of rotatable bonds is 14. The van der Waals surface area contributed by atoms with Gasteiger partial charge in [0.15, 0.2) is 0 Å². The first kappa shape index (κ1) is 34.8. The maximum atomic E-state index is 13.9. The lowest BCUT2D eigenvalue weighted by Crippen LogP contribution is -2.45. The molecule has 0 aromatic heterocycles. The van der Waals surface area contributed by atoms with Gasteiger partial charge in [0.25, 0.3) is 11.8 Å². The zero-order valence-electron chi connectivity index (χ0n) is 27.1. The highest BCUT2D eigenvalue weighted by atomic mass is 19.1. The molecule has 3 aromatic rings. The predicted octanol–water partition coefficient (Wildman–Crippen LogP) is 5.84. The number of nitrogens with zero attached hydrogens (tertiary/aromatic N) is 1. The summed E-state index contributed by atoms with van der Waals surface area (Å²) in [4.78, 5) is 39.7. The van der Waals surface area contributed by atoms with Crippen LogP contribution in [0.15, 0.2) is 91.0 Å². The Bertz CT molecular complexity index is 1660. The molecule has 3 amide bonds. The van der Waals surface area contributed by atoms with Crippen LogP contribution in [0, 0.1) is 29.0 Å². The highest BCUT2D eigenvalue weighted by Gasteiger charge is 2.22. The lowest BCUT2D eigenvalue weighted by Gasteiger charge is -2.24. The second-order valence-corrected chi connectivity index (χ2v) is 12.2. The quantitative estimate of drug-likeness (QED) is 0.177. The van der Waals surface area contributed by atoms with E-state index in [1.54, 1.807) is 55.5 Å². The standard InChI is InChI=1S/C38H42FN5O3/c1-25(2)22-42-36(45)24-41-23-34(17-27-9-5-4-6-10-27)44-38(47)32-19-30(35-12-8-7-11-29(35)21-40)18-31(20-32)37(46)43-26(3)28-13-15-33(39)16-14-28/h4-9,11-16,18-20,25-27,34,41H,10,17,22-24H2,1-3H3,(H,42,45)(H,43,46)(H,44,47)/t26?,27?,34-/m0/s1. The zero-order valence-corrected chi connectivity index (χ0v) is 27.1. The molecule has 4 N–H and O–H groups in total. The molecule has 47 heavy (non-hydrogen) atoms. The van der Waals surface area contributed by atoms with Crippen molar-refractivity contribution in [2.45, 2.75) is 45.7 Å². The van der Waals surface area contributed by atoms with Crippen molar-refractivity contribution >= 4 is 17.7 Å². The summed E-state index contributed by atoms with van der Waals surface area (Å²) in [6, 6.07) is 19.2. The fourth-order valence-electron chi connectivity index (χ4n) is 5.37. The summed E-state index contributed by atoms with van der Waals surface area (Å²) in [5, 5.41) is 21.9. The molecule has 0 spiro atoms. The fraction of sp³-hybridized carbons (Fsp3) is 0.316. The first-order chi connectivity index (χ1) is 22.6. The van der Waals surface area contributed by atoms with Gasteiger partial charge in [0.1, 0.15) is 5.82 Å². The summed E-state index contributed by atoms with van der Waals surface area (Å²) >= 11 is 0. The van der Waals surface area contributed by atoms with E-state index in [1.807, 2.05) is 26.0 Å². The molecule has 8 nitrogen and oxygen atoms in total. The topological polar surface area (TPSA) is 123 Å². The minimum absolute atomic E-state index is 0.112. The molecule has 3 aromatic carbocycles. The molecule has 0 saturated carbocycles. The smallest absolute Gasteiger partial charge is 0.251 e. The summed E-state index contributed by atoms with van der Waals surface area (Å²) in [6.07, 6.45) is 9.67. The molecule has 2 unspecified atom stereocenters. The highest BCUT2D eigenvalue weighted by molar-refractivity contribution is 6.02. The van der Waals surface area contributed by atoms with Crippen LogP contribution in [0.25, 0.3) is 11.1 Å². The van der Waals surface area contributed by atoms with Crippen molar-refractivity contribution in [2.75, 3.05) is 19.6 Å². The summed E-state index contributed by atoms with van der Waals surface area (Å²) < 4.78 is 13.5. The summed E-state index contributed by atoms with van der Waals surface area (Å²) in [5.74, 6) is -0.731. The SMILES string of the molecule is CC(C)CNC(=O)CNC[C@H](CC1C=CC=CC1)NC(=O)c1cc(C(=O)NC(C)c2ccc(F)cc2)cc(-c2ccccc2C#N)c1. The van der Waals surface area contributed by atoms with Gasteiger partial charge in [-0.15, -0.1) is 0 Å². The third kappa shape index (κ3) is 10.5. The first-order valence-corrected chi connectivity index (χ1v) is 16.0. The van der Waals surface area contributed by atoms with Gasteiger partial charge in [-0.1, -0.05) is 68.5 Å². The van der Waals surface area contributed by atoms with Gasteiger partial charge >= 0.3 is 0 Å². The lowest BCUT2D eigenvalue weighted by atomic mass is 9.92. The summed E-state index contributed by atoms with van der Waals surface area (Å²) in [7, 11) is 0.